The van der Waals surface area contributed by atoms with Gasteiger partial charge in [-0.1, -0.05) is 13.8 Å². The van der Waals surface area contributed by atoms with Crippen molar-refractivity contribution in [2.24, 2.45) is 0 Å². The van der Waals surface area contributed by atoms with Crippen LogP contribution >= 0.6 is 0 Å². The summed E-state index contributed by atoms with van der Waals surface area (Å²) < 4.78 is 11.7. The lowest BCUT2D eigenvalue weighted by Gasteiger charge is -2.22. The van der Waals surface area contributed by atoms with E-state index in [2.05, 4.69) is 18.8 Å². The topological polar surface area (TPSA) is 31.4 Å². The number of nitrogens with zero attached hydrogens (tertiary/aromatic N) is 1. The van der Waals surface area contributed by atoms with Gasteiger partial charge < -0.3 is 9.47 Å². The molecule has 0 aromatic carbocycles. The number of pyridine rings is 1. The van der Waals surface area contributed by atoms with Gasteiger partial charge in [0.05, 0.1) is 12.3 Å². The van der Waals surface area contributed by atoms with Crippen molar-refractivity contribution >= 4 is 0 Å². The zero-order chi connectivity index (χ0) is 13.3. The minimum absolute atomic E-state index is 0.222. The molecule has 0 amide bonds. The molecule has 3 nitrogen and oxygen atoms in total. The van der Waals surface area contributed by atoms with Crippen LogP contribution in [0.25, 0.3) is 0 Å². The Hall–Kier alpha value is -1.25. The number of ether oxygens (including phenoxy) is 2. The lowest BCUT2D eigenvalue weighted by atomic mass is 10.0. The molecular formula is C15H23NO2. The highest BCUT2D eigenvalue weighted by atomic mass is 16.5. The minimum Gasteiger partial charge on any atom is -0.489 e. The fraction of sp³-hybridized carbons (Fsp3) is 0.667. The maximum absolute atomic E-state index is 5.88. The molecule has 0 unspecified atom stereocenters. The van der Waals surface area contributed by atoms with E-state index in [4.69, 9.17) is 9.47 Å². The zero-order valence-corrected chi connectivity index (χ0v) is 12.0. The highest BCUT2D eigenvalue weighted by molar-refractivity contribution is 5.37. The van der Waals surface area contributed by atoms with Crippen molar-refractivity contribution in [2.45, 2.75) is 65.1 Å². The van der Waals surface area contributed by atoms with E-state index in [0.29, 0.717) is 17.9 Å². The summed E-state index contributed by atoms with van der Waals surface area (Å²) in [6.07, 6.45) is 4.53. The van der Waals surface area contributed by atoms with Gasteiger partial charge in [0, 0.05) is 11.6 Å². The molecule has 1 aliphatic carbocycles. The quantitative estimate of drug-likeness (QED) is 0.810. The molecule has 1 aromatic rings. The highest BCUT2D eigenvalue weighted by Gasteiger charge is 2.25. The van der Waals surface area contributed by atoms with Crippen LogP contribution in [-0.4, -0.2) is 16.7 Å². The number of hydrogen-bond donors (Lipinski definition) is 0. The van der Waals surface area contributed by atoms with Crippen LogP contribution in [0.4, 0.5) is 0 Å². The van der Waals surface area contributed by atoms with Crippen molar-refractivity contribution in [3.63, 3.8) is 0 Å². The van der Waals surface area contributed by atoms with Crippen molar-refractivity contribution in [3.8, 4) is 11.6 Å². The predicted molar refractivity (Wildman–Crippen MR) is 72.4 cm³/mol. The van der Waals surface area contributed by atoms with Crippen molar-refractivity contribution in [1.29, 1.82) is 0 Å². The standard InChI is InChI=1S/C15H23NO2/c1-10(2)12-8-14(18-15(3,4)5)16-9-13(12)17-11-6-7-11/h8-11H,6-7H2,1-5H3. The average Bonchev–Trinajstić information content (AvgIpc) is 3.01. The van der Waals surface area contributed by atoms with Crippen molar-refractivity contribution in [3.05, 3.63) is 17.8 Å². The van der Waals surface area contributed by atoms with Gasteiger partial charge in [0.15, 0.2) is 0 Å². The molecule has 0 bridgehead atoms. The third-order valence-corrected chi connectivity index (χ3v) is 2.72. The molecule has 1 saturated carbocycles. The van der Waals surface area contributed by atoms with Gasteiger partial charge in [0.1, 0.15) is 11.4 Å². The molecule has 3 heteroatoms. The minimum atomic E-state index is -0.222. The zero-order valence-electron chi connectivity index (χ0n) is 12.0. The van der Waals surface area contributed by atoms with E-state index in [9.17, 15) is 0 Å². The van der Waals surface area contributed by atoms with Crippen LogP contribution in [0.1, 0.15) is 58.9 Å². The monoisotopic (exact) mass is 249 g/mol. The smallest absolute Gasteiger partial charge is 0.214 e. The largest absolute Gasteiger partial charge is 0.489 e. The van der Waals surface area contributed by atoms with Gasteiger partial charge in [-0.05, 0) is 39.5 Å². The maximum atomic E-state index is 5.88. The van der Waals surface area contributed by atoms with Gasteiger partial charge in [-0.3, -0.25) is 0 Å². The number of aromatic nitrogens is 1. The second-order valence-electron chi connectivity index (χ2n) is 6.25. The molecule has 100 valence electrons. The van der Waals surface area contributed by atoms with Crippen molar-refractivity contribution in [1.82, 2.24) is 4.98 Å². The Kier molecular flexibility index (Phi) is 3.51. The summed E-state index contributed by atoms with van der Waals surface area (Å²) >= 11 is 0. The van der Waals surface area contributed by atoms with Crippen LogP contribution in [0.3, 0.4) is 0 Å². The first-order valence-corrected chi connectivity index (χ1v) is 6.71. The van der Waals surface area contributed by atoms with Gasteiger partial charge >= 0.3 is 0 Å². The molecule has 0 saturated heterocycles. The summed E-state index contributed by atoms with van der Waals surface area (Å²) in [4.78, 5) is 4.34. The Labute approximate surface area is 110 Å². The third kappa shape index (κ3) is 3.62. The molecule has 18 heavy (non-hydrogen) atoms. The molecule has 1 heterocycles. The van der Waals surface area contributed by atoms with E-state index in [-0.39, 0.29) is 5.60 Å². The van der Waals surface area contributed by atoms with Gasteiger partial charge in [0.2, 0.25) is 5.88 Å². The second-order valence-corrected chi connectivity index (χ2v) is 6.25. The normalized spacial score (nSPS) is 15.9. The van der Waals surface area contributed by atoms with Crippen LogP contribution in [0.2, 0.25) is 0 Å². The summed E-state index contributed by atoms with van der Waals surface area (Å²) in [6, 6.07) is 2.01. The lowest BCUT2D eigenvalue weighted by Crippen LogP contribution is -2.23. The molecule has 1 aliphatic rings. The van der Waals surface area contributed by atoms with Gasteiger partial charge in [-0.25, -0.2) is 4.98 Å². The van der Waals surface area contributed by atoms with E-state index >= 15 is 0 Å². The number of hydrogen-bond acceptors (Lipinski definition) is 3. The SMILES string of the molecule is CC(C)c1cc(OC(C)(C)C)ncc1OC1CC1. The fourth-order valence-corrected chi connectivity index (χ4v) is 1.72. The first-order chi connectivity index (χ1) is 8.35. The summed E-state index contributed by atoms with van der Waals surface area (Å²) in [7, 11) is 0. The first kappa shape index (κ1) is 13.2. The van der Waals surface area contributed by atoms with Gasteiger partial charge in [0.25, 0.3) is 0 Å². The second kappa shape index (κ2) is 4.79. The van der Waals surface area contributed by atoms with Crippen LogP contribution in [0.15, 0.2) is 12.3 Å². The molecule has 1 fully saturated rings. The van der Waals surface area contributed by atoms with E-state index in [0.717, 1.165) is 18.6 Å². The van der Waals surface area contributed by atoms with Crippen LogP contribution in [0, 0.1) is 0 Å². The van der Waals surface area contributed by atoms with Crippen LogP contribution in [0.5, 0.6) is 11.6 Å². The summed E-state index contributed by atoms with van der Waals surface area (Å²) in [6.45, 7) is 10.4. The fourth-order valence-electron chi connectivity index (χ4n) is 1.72. The van der Waals surface area contributed by atoms with E-state index in [1.54, 1.807) is 6.20 Å². The molecular weight excluding hydrogens is 226 g/mol. The predicted octanol–water partition coefficient (Wildman–Crippen LogP) is 3.92. The average molecular weight is 249 g/mol. The molecule has 0 atom stereocenters. The molecule has 0 spiro atoms. The van der Waals surface area contributed by atoms with Crippen LogP contribution < -0.4 is 9.47 Å². The van der Waals surface area contributed by atoms with Crippen molar-refractivity contribution in [2.75, 3.05) is 0 Å². The Morgan fingerprint density at radius 3 is 2.44 bits per heavy atom. The van der Waals surface area contributed by atoms with E-state index in [1.807, 2.05) is 26.8 Å². The molecule has 1 aromatic heterocycles. The molecule has 0 aliphatic heterocycles. The lowest BCUT2D eigenvalue weighted by molar-refractivity contribution is 0.123. The Bertz CT molecular complexity index is 417. The maximum Gasteiger partial charge on any atom is 0.214 e. The van der Waals surface area contributed by atoms with Crippen LogP contribution in [-0.2, 0) is 0 Å². The van der Waals surface area contributed by atoms with E-state index in [1.165, 1.54) is 5.56 Å². The Balaban J connectivity index is 2.21. The Morgan fingerprint density at radius 1 is 1.28 bits per heavy atom. The third-order valence-electron chi connectivity index (χ3n) is 2.72. The molecule has 0 radical (unpaired) electrons. The highest BCUT2D eigenvalue weighted by Crippen LogP contribution is 2.34. The molecule has 2 rings (SSSR count). The Morgan fingerprint density at radius 2 is 1.94 bits per heavy atom. The van der Waals surface area contributed by atoms with Crippen molar-refractivity contribution < 1.29 is 9.47 Å². The first-order valence-electron chi connectivity index (χ1n) is 6.71. The van der Waals surface area contributed by atoms with E-state index < -0.39 is 0 Å². The van der Waals surface area contributed by atoms with Gasteiger partial charge in [-0.15, -0.1) is 0 Å². The summed E-state index contributed by atoms with van der Waals surface area (Å²) in [5.41, 5.74) is 0.955. The van der Waals surface area contributed by atoms with Gasteiger partial charge in [-0.2, -0.15) is 0 Å². The summed E-state index contributed by atoms with van der Waals surface area (Å²) in [5, 5.41) is 0. The molecule has 0 N–H and O–H groups in total. The number of rotatable bonds is 4. The summed E-state index contributed by atoms with van der Waals surface area (Å²) in [5.74, 6) is 1.99.